The van der Waals surface area contributed by atoms with Crippen molar-refractivity contribution in [1.29, 1.82) is 0 Å². The summed E-state index contributed by atoms with van der Waals surface area (Å²) in [6, 6.07) is 7.02. The molecule has 1 N–H and O–H groups in total. The van der Waals surface area contributed by atoms with E-state index in [1.54, 1.807) is 13.1 Å². The SMILES string of the molecule is Cc1cnc(NCc2ccccn2)cc1[N+](=O)[O-]. The number of aromatic nitrogens is 2. The minimum atomic E-state index is -0.414. The third-order valence-electron chi connectivity index (χ3n) is 2.45. The van der Waals surface area contributed by atoms with Crippen molar-refractivity contribution < 1.29 is 4.92 Å². The van der Waals surface area contributed by atoms with Crippen LogP contribution in [-0.2, 0) is 6.54 Å². The maximum absolute atomic E-state index is 10.8. The normalized spacial score (nSPS) is 10.1. The van der Waals surface area contributed by atoms with Gasteiger partial charge in [-0.05, 0) is 19.1 Å². The first-order chi connectivity index (χ1) is 8.66. The average molecular weight is 244 g/mol. The van der Waals surface area contributed by atoms with Crippen LogP contribution in [0.5, 0.6) is 0 Å². The molecule has 2 aromatic heterocycles. The lowest BCUT2D eigenvalue weighted by Crippen LogP contribution is -2.04. The van der Waals surface area contributed by atoms with Gasteiger partial charge < -0.3 is 5.32 Å². The third-order valence-corrected chi connectivity index (χ3v) is 2.45. The number of nitro groups is 1. The summed E-state index contributed by atoms with van der Waals surface area (Å²) in [6.45, 7) is 2.14. The van der Waals surface area contributed by atoms with Gasteiger partial charge in [0.05, 0.1) is 23.2 Å². The summed E-state index contributed by atoms with van der Waals surface area (Å²) in [4.78, 5) is 18.6. The van der Waals surface area contributed by atoms with Gasteiger partial charge in [-0.1, -0.05) is 6.07 Å². The van der Waals surface area contributed by atoms with Crippen molar-refractivity contribution >= 4 is 11.5 Å². The summed E-state index contributed by atoms with van der Waals surface area (Å²) < 4.78 is 0. The zero-order valence-electron chi connectivity index (χ0n) is 9.83. The lowest BCUT2D eigenvalue weighted by atomic mass is 10.2. The molecule has 0 aliphatic carbocycles. The molecule has 0 radical (unpaired) electrons. The van der Waals surface area contributed by atoms with E-state index in [1.165, 1.54) is 12.3 Å². The Morgan fingerprint density at radius 1 is 1.39 bits per heavy atom. The molecule has 0 aliphatic heterocycles. The van der Waals surface area contributed by atoms with Crippen molar-refractivity contribution in [2.24, 2.45) is 0 Å². The van der Waals surface area contributed by atoms with Gasteiger partial charge in [0.15, 0.2) is 0 Å². The maximum atomic E-state index is 10.8. The standard InChI is InChI=1S/C12H12N4O2/c1-9-7-14-12(6-11(9)16(17)18)15-8-10-4-2-3-5-13-10/h2-7H,8H2,1H3,(H,14,15). The molecule has 92 valence electrons. The molecule has 0 spiro atoms. The van der Waals surface area contributed by atoms with Crippen LogP contribution in [0, 0.1) is 17.0 Å². The van der Waals surface area contributed by atoms with Crippen molar-refractivity contribution in [2.75, 3.05) is 5.32 Å². The molecule has 0 saturated heterocycles. The monoisotopic (exact) mass is 244 g/mol. The maximum Gasteiger partial charge on any atom is 0.277 e. The molecular weight excluding hydrogens is 232 g/mol. The number of pyridine rings is 2. The number of nitrogens with zero attached hydrogens (tertiary/aromatic N) is 3. The lowest BCUT2D eigenvalue weighted by Gasteiger charge is -2.05. The van der Waals surface area contributed by atoms with Crippen LogP contribution in [-0.4, -0.2) is 14.9 Å². The minimum Gasteiger partial charge on any atom is -0.364 e. The first-order valence-corrected chi connectivity index (χ1v) is 5.41. The highest BCUT2D eigenvalue weighted by Gasteiger charge is 2.11. The van der Waals surface area contributed by atoms with E-state index in [0.29, 0.717) is 17.9 Å². The van der Waals surface area contributed by atoms with Crippen LogP contribution in [0.1, 0.15) is 11.3 Å². The van der Waals surface area contributed by atoms with Crippen molar-refractivity contribution in [1.82, 2.24) is 9.97 Å². The second-order valence-corrected chi connectivity index (χ2v) is 3.79. The highest BCUT2D eigenvalue weighted by Crippen LogP contribution is 2.19. The predicted molar refractivity (Wildman–Crippen MR) is 67.2 cm³/mol. The Kier molecular flexibility index (Phi) is 3.47. The first-order valence-electron chi connectivity index (χ1n) is 5.41. The van der Waals surface area contributed by atoms with Crippen LogP contribution in [0.15, 0.2) is 36.7 Å². The van der Waals surface area contributed by atoms with E-state index in [4.69, 9.17) is 0 Å². The van der Waals surface area contributed by atoms with Crippen molar-refractivity contribution in [3.05, 3.63) is 58.0 Å². The zero-order valence-corrected chi connectivity index (χ0v) is 9.83. The molecule has 18 heavy (non-hydrogen) atoms. The minimum absolute atomic E-state index is 0.0634. The molecule has 0 amide bonds. The molecule has 0 aromatic carbocycles. The van der Waals surface area contributed by atoms with Crippen LogP contribution >= 0.6 is 0 Å². The van der Waals surface area contributed by atoms with Gasteiger partial charge in [0.25, 0.3) is 5.69 Å². The molecule has 2 heterocycles. The Morgan fingerprint density at radius 2 is 2.22 bits per heavy atom. The number of hydrogen-bond acceptors (Lipinski definition) is 5. The summed E-state index contributed by atoms with van der Waals surface area (Å²) in [7, 11) is 0. The summed E-state index contributed by atoms with van der Waals surface area (Å²) in [5, 5.41) is 13.8. The van der Waals surface area contributed by atoms with Gasteiger partial charge in [-0.25, -0.2) is 4.98 Å². The Bertz CT molecular complexity index is 557. The summed E-state index contributed by atoms with van der Waals surface area (Å²) in [6.07, 6.45) is 3.18. The number of nitrogens with one attached hydrogen (secondary N) is 1. The number of rotatable bonds is 4. The van der Waals surface area contributed by atoms with E-state index in [1.807, 2.05) is 18.2 Å². The predicted octanol–water partition coefficient (Wildman–Crippen LogP) is 2.31. The van der Waals surface area contributed by atoms with E-state index in [-0.39, 0.29) is 5.69 Å². The van der Waals surface area contributed by atoms with Crippen LogP contribution < -0.4 is 5.32 Å². The lowest BCUT2D eigenvalue weighted by molar-refractivity contribution is -0.385. The Balaban J connectivity index is 2.11. The quantitative estimate of drug-likeness (QED) is 0.659. The Labute approximate surface area is 104 Å². The first kappa shape index (κ1) is 12.0. The molecular formula is C12H12N4O2. The Hall–Kier alpha value is -2.50. The van der Waals surface area contributed by atoms with Crippen molar-refractivity contribution in [3.8, 4) is 0 Å². The van der Waals surface area contributed by atoms with Gasteiger partial charge in [0.2, 0.25) is 0 Å². The van der Waals surface area contributed by atoms with Gasteiger partial charge in [0.1, 0.15) is 5.82 Å². The van der Waals surface area contributed by atoms with Gasteiger partial charge in [0, 0.05) is 18.0 Å². The molecule has 6 heteroatoms. The van der Waals surface area contributed by atoms with Crippen LogP contribution in [0.3, 0.4) is 0 Å². The fourth-order valence-electron chi connectivity index (χ4n) is 1.49. The fraction of sp³-hybridized carbons (Fsp3) is 0.167. The van der Waals surface area contributed by atoms with Crippen LogP contribution in [0.2, 0.25) is 0 Å². The Morgan fingerprint density at radius 3 is 2.89 bits per heavy atom. The highest BCUT2D eigenvalue weighted by atomic mass is 16.6. The van der Waals surface area contributed by atoms with E-state index in [0.717, 1.165) is 5.69 Å². The largest absolute Gasteiger partial charge is 0.364 e. The molecule has 0 unspecified atom stereocenters. The smallest absolute Gasteiger partial charge is 0.277 e. The molecule has 0 atom stereocenters. The summed E-state index contributed by atoms with van der Waals surface area (Å²) in [5.74, 6) is 0.470. The molecule has 0 aliphatic rings. The molecule has 2 rings (SSSR count). The fourth-order valence-corrected chi connectivity index (χ4v) is 1.49. The van der Waals surface area contributed by atoms with Crippen LogP contribution in [0.4, 0.5) is 11.5 Å². The second-order valence-electron chi connectivity index (χ2n) is 3.79. The zero-order chi connectivity index (χ0) is 13.0. The van der Waals surface area contributed by atoms with Gasteiger partial charge in [-0.15, -0.1) is 0 Å². The molecule has 0 saturated carbocycles. The number of hydrogen-bond donors (Lipinski definition) is 1. The van der Waals surface area contributed by atoms with Gasteiger partial charge in [-0.3, -0.25) is 15.1 Å². The second kappa shape index (κ2) is 5.22. The molecule has 0 bridgehead atoms. The van der Waals surface area contributed by atoms with Crippen LogP contribution in [0.25, 0.3) is 0 Å². The molecule has 6 nitrogen and oxygen atoms in total. The summed E-state index contributed by atoms with van der Waals surface area (Å²) >= 11 is 0. The molecule has 0 fully saturated rings. The van der Waals surface area contributed by atoms with Crippen molar-refractivity contribution in [3.63, 3.8) is 0 Å². The number of anilines is 1. The molecule has 2 aromatic rings. The van der Waals surface area contributed by atoms with Crippen molar-refractivity contribution in [2.45, 2.75) is 13.5 Å². The number of aryl methyl sites for hydroxylation is 1. The van der Waals surface area contributed by atoms with E-state index < -0.39 is 4.92 Å². The van der Waals surface area contributed by atoms with Gasteiger partial charge in [-0.2, -0.15) is 0 Å². The highest BCUT2D eigenvalue weighted by molar-refractivity contribution is 5.48. The summed E-state index contributed by atoms with van der Waals surface area (Å²) in [5.41, 5.74) is 1.46. The third kappa shape index (κ3) is 2.79. The van der Waals surface area contributed by atoms with Gasteiger partial charge >= 0.3 is 0 Å². The van der Waals surface area contributed by atoms with E-state index in [9.17, 15) is 10.1 Å². The van der Waals surface area contributed by atoms with E-state index in [2.05, 4.69) is 15.3 Å². The topological polar surface area (TPSA) is 81.0 Å². The average Bonchev–Trinajstić information content (AvgIpc) is 2.38. The van der Waals surface area contributed by atoms with E-state index >= 15 is 0 Å².